The van der Waals surface area contributed by atoms with Gasteiger partial charge in [-0.1, -0.05) is 30.8 Å². The van der Waals surface area contributed by atoms with Crippen LogP contribution in [-0.4, -0.2) is 6.54 Å². The first-order valence-electron chi connectivity index (χ1n) is 6.00. The van der Waals surface area contributed by atoms with Gasteiger partial charge in [-0.2, -0.15) is 0 Å². The molecule has 1 heterocycles. The topological polar surface area (TPSA) is 12.0 Å². The van der Waals surface area contributed by atoms with Gasteiger partial charge in [-0.15, -0.1) is 11.3 Å². The van der Waals surface area contributed by atoms with Crippen LogP contribution in [0.3, 0.4) is 0 Å². The van der Waals surface area contributed by atoms with Crippen molar-refractivity contribution in [1.29, 1.82) is 0 Å². The van der Waals surface area contributed by atoms with Crippen LogP contribution in [0.2, 0.25) is 0 Å². The van der Waals surface area contributed by atoms with Gasteiger partial charge in [0.25, 0.3) is 0 Å². The first-order chi connectivity index (χ1) is 8.79. The molecule has 0 saturated heterocycles. The summed E-state index contributed by atoms with van der Waals surface area (Å²) >= 11 is 3.11. The molecular formula is C14H16FNS2. The summed E-state index contributed by atoms with van der Waals surface area (Å²) in [5.74, 6) is -0.135. The van der Waals surface area contributed by atoms with E-state index in [9.17, 15) is 4.39 Å². The lowest BCUT2D eigenvalue weighted by molar-refractivity contribution is 0.595. The molecule has 18 heavy (non-hydrogen) atoms. The summed E-state index contributed by atoms with van der Waals surface area (Å²) in [7, 11) is 0. The van der Waals surface area contributed by atoms with Crippen molar-refractivity contribution in [3.8, 4) is 0 Å². The van der Waals surface area contributed by atoms with Crippen molar-refractivity contribution in [2.24, 2.45) is 0 Å². The second-order valence-corrected chi connectivity index (χ2v) is 6.27. The molecule has 1 N–H and O–H groups in total. The van der Waals surface area contributed by atoms with Crippen molar-refractivity contribution < 1.29 is 4.39 Å². The van der Waals surface area contributed by atoms with Crippen molar-refractivity contribution >= 4 is 23.1 Å². The maximum absolute atomic E-state index is 13.9. The highest BCUT2D eigenvalue weighted by molar-refractivity contribution is 8.01. The molecule has 0 aliphatic rings. The Morgan fingerprint density at radius 1 is 1.33 bits per heavy atom. The van der Waals surface area contributed by atoms with Crippen LogP contribution in [0.1, 0.15) is 18.9 Å². The number of hydrogen-bond donors (Lipinski definition) is 1. The number of halogens is 1. The molecule has 0 bridgehead atoms. The van der Waals surface area contributed by atoms with Gasteiger partial charge in [-0.05, 0) is 42.1 Å². The summed E-state index contributed by atoms with van der Waals surface area (Å²) < 4.78 is 15.0. The van der Waals surface area contributed by atoms with Gasteiger partial charge < -0.3 is 5.32 Å². The molecule has 2 rings (SSSR count). The maximum atomic E-state index is 13.9. The van der Waals surface area contributed by atoms with Crippen LogP contribution in [0, 0.1) is 5.82 Å². The van der Waals surface area contributed by atoms with Crippen LogP contribution in [0.4, 0.5) is 4.39 Å². The predicted molar refractivity (Wildman–Crippen MR) is 76.8 cm³/mol. The Morgan fingerprint density at radius 3 is 2.89 bits per heavy atom. The van der Waals surface area contributed by atoms with E-state index >= 15 is 0 Å². The molecular weight excluding hydrogens is 265 g/mol. The highest BCUT2D eigenvalue weighted by Gasteiger charge is 2.06. The third-order valence-corrected chi connectivity index (χ3v) is 4.55. The number of rotatable bonds is 6. The van der Waals surface area contributed by atoms with Crippen molar-refractivity contribution in [3.63, 3.8) is 0 Å². The molecule has 0 aliphatic heterocycles. The van der Waals surface area contributed by atoms with Crippen LogP contribution >= 0.6 is 23.1 Å². The Labute approximate surface area is 115 Å². The fraction of sp³-hybridized carbons (Fsp3) is 0.286. The lowest BCUT2D eigenvalue weighted by Gasteiger charge is -2.06. The average molecular weight is 281 g/mol. The van der Waals surface area contributed by atoms with Gasteiger partial charge in [0.1, 0.15) is 5.82 Å². The average Bonchev–Trinajstić information content (AvgIpc) is 2.86. The van der Waals surface area contributed by atoms with Gasteiger partial charge >= 0.3 is 0 Å². The van der Waals surface area contributed by atoms with Crippen LogP contribution < -0.4 is 5.32 Å². The Hall–Kier alpha value is -0.840. The van der Waals surface area contributed by atoms with Gasteiger partial charge in [0.15, 0.2) is 0 Å². The standard InChI is InChI=1S/C14H16FNS2/c1-2-7-16-10-11-5-6-13(12(15)9-11)18-14-4-3-8-17-14/h3-6,8-9,16H,2,7,10H2,1H3. The minimum Gasteiger partial charge on any atom is -0.313 e. The molecule has 4 heteroatoms. The normalized spacial score (nSPS) is 10.8. The molecule has 1 nitrogen and oxygen atoms in total. The van der Waals surface area contributed by atoms with Crippen LogP contribution in [0.5, 0.6) is 0 Å². The molecule has 0 unspecified atom stereocenters. The third-order valence-electron chi connectivity index (χ3n) is 2.46. The second kappa shape index (κ2) is 6.92. The molecule has 1 aromatic carbocycles. The van der Waals surface area contributed by atoms with E-state index in [0.717, 1.165) is 29.3 Å². The summed E-state index contributed by atoms with van der Waals surface area (Å²) in [6.07, 6.45) is 1.09. The van der Waals surface area contributed by atoms with Gasteiger partial charge in [-0.3, -0.25) is 0 Å². The number of nitrogens with one attached hydrogen (secondary N) is 1. The van der Waals surface area contributed by atoms with Gasteiger partial charge in [0, 0.05) is 11.4 Å². The summed E-state index contributed by atoms with van der Waals surface area (Å²) in [5.41, 5.74) is 0.997. The molecule has 0 amide bonds. The van der Waals surface area contributed by atoms with Crippen LogP contribution in [-0.2, 0) is 6.54 Å². The zero-order valence-corrected chi connectivity index (χ0v) is 11.9. The maximum Gasteiger partial charge on any atom is 0.137 e. The molecule has 0 aliphatic carbocycles. The zero-order chi connectivity index (χ0) is 12.8. The number of thiophene rings is 1. The fourth-order valence-corrected chi connectivity index (χ4v) is 3.31. The van der Waals surface area contributed by atoms with Gasteiger partial charge in [0.2, 0.25) is 0 Å². The summed E-state index contributed by atoms with van der Waals surface area (Å²) in [6.45, 7) is 3.82. The van der Waals surface area contributed by atoms with Crippen LogP contribution in [0.15, 0.2) is 44.8 Å². The Morgan fingerprint density at radius 2 is 2.22 bits per heavy atom. The van der Waals surface area contributed by atoms with Crippen molar-refractivity contribution in [2.75, 3.05) is 6.54 Å². The second-order valence-electron chi connectivity index (χ2n) is 3.98. The first-order valence-corrected chi connectivity index (χ1v) is 7.69. The molecule has 0 spiro atoms. The van der Waals surface area contributed by atoms with E-state index in [4.69, 9.17) is 0 Å². The lowest BCUT2D eigenvalue weighted by atomic mass is 10.2. The minimum atomic E-state index is -0.135. The Balaban J connectivity index is 2.01. The highest BCUT2D eigenvalue weighted by Crippen LogP contribution is 2.33. The molecule has 0 saturated carbocycles. The van der Waals surface area contributed by atoms with E-state index in [1.54, 1.807) is 17.4 Å². The minimum absolute atomic E-state index is 0.135. The van der Waals surface area contributed by atoms with Crippen molar-refractivity contribution in [2.45, 2.75) is 29.0 Å². The summed E-state index contributed by atoms with van der Waals surface area (Å²) in [5, 5.41) is 5.28. The monoisotopic (exact) mass is 281 g/mol. The highest BCUT2D eigenvalue weighted by atomic mass is 32.2. The van der Waals surface area contributed by atoms with Gasteiger partial charge in [-0.25, -0.2) is 4.39 Å². The first kappa shape index (κ1) is 13.6. The quantitative estimate of drug-likeness (QED) is 0.780. The molecule has 1 aromatic heterocycles. The fourth-order valence-electron chi connectivity index (χ4n) is 1.58. The van der Waals surface area contributed by atoms with Crippen molar-refractivity contribution in [3.05, 3.63) is 47.1 Å². The molecule has 0 fully saturated rings. The SMILES string of the molecule is CCCNCc1ccc(Sc2cccs2)c(F)c1. The van der Waals surface area contributed by atoms with E-state index in [2.05, 4.69) is 12.2 Å². The Bertz CT molecular complexity index is 483. The van der Waals surface area contributed by atoms with E-state index in [1.807, 2.05) is 29.6 Å². The van der Waals surface area contributed by atoms with E-state index < -0.39 is 0 Å². The number of benzene rings is 1. The third kappa shape index (κ3) is 3.83. The van der Waals surface area contributed by atoms with Gasteiger partial charge in [0.05, 0.1) is 4.21 Å². The van der Waals surface area contributed by atoms with Crippen molar-refractivity contribution in [1.82, 2.24) is 5.32 Å². The van der Waals surface area contributed by atoms with E-state index in [-0.39, 0.29) is 5.82 Å². The zero-order valence-electron chi connectivity index (χ0n) is 10.3. The van der Waals surface area contributed by atoms with E-state index in [0.29, 0.717) is 4.90 Å². The van der Waals surface area contributed by atoms with E-state index in [1.165, 1.54) is 11.8 Å². The molecule has 2 aromatic rings. The molecule has 0 atom stereocenters. The van der Waals surface area contributed by atoms with Crippen LogP contribution in [0.25, 0.3) is 0 Å². The predicted octanol–water partition coefficient (Wildman–Crippen LogP) is 4.54. The largest absolute Gasteiger partial charge is 0.313 e. The number of hydrogen-bond acceptors (Lipinski definition) is 3. The summed E-state index contributed by atoms with van der Waals surface area (Å²) in [6, 6.07) is 9.46. The molecule has 96 valence electrons. The Kier molecular flexibility index (Phi) is 5.23. The lowest BCUT2D eigenvalue weighted by Crippen LogP contribution is -2.13. The smallest absolute Gasteiger partial charge is 0.137 e. The molecule has 0 radical (unpaired) electrons. The summed E-state index contributed by atoms with van der Waals surface area (Å²) in [4.78, 5) is 0.691.